The molecule has 18 heavy (non-hydrogen) atoms. The summed E-state index contributed by atoms with van der Waals surface area (Å²) in [5, 5.41) is 8.44. The van der Waals surface area contributed by atoms with Crippen LogP contribution in [0.5, 0.6) is 0 Å². The first-order valence-corrected chi connectivity index (χ1v) is 6.30. The zero-order valence-corrected chi connectivity index (χ0v) is 11.8. The molecule has 3 heteroatoms. The van der Waals surface area contributed by atoms with E-state index in [0.717, 1.165) is 5.82 Å². The first kappa shape index (κ1) is 12.8. The Balaban J connectivity index is 2.52. The Labute approximate surface area is 109 Å². The van der Waals surface area contributed by atoms with E-state index >= 15 is 0 Å². The van der Waals surface area contributed by atoms with Gasteiger partial charge in [-0.25, -0.2) is 0 Å². The molecule has 0 saturated carbocycles. The Morgan fingerprint density at radius 1 is 0.944 bits per heavy atom. The van der Waals surface area contributed by atoms with Crippen LogP contribution in [0, 0.1) is 0 Å². The fourth-order valence-corrected chi connectivity index (χ4v) is 2.14. The monoisotopic (exact) mass is 243 g/mol. The molecular formula is C15H21N3. The zero-order valence-electron chi connectivity index (χ0n) is 11.8. The van der Waals surface area contributed by atoms with Crippen LogP contribution in [0.15, 0.2) is 36.7 Å². The van der Waals surface area contributed by atoms with E-state index in [4.69, 9.17) is 0 Å². The van der Waals surface area contributed by atoms with E-state index in [1.54, 1.807) is 0 Å². The van der Waals surface area contributed by atoms with Gasteiger partial charge in [-0.2, -0.15) is 0 Å². The van der Waals surface area contributed by atoms with Crippen LogP contribution in [0.25, 0.3) is 0 Å². The standard InChI is InChI=1S/C15H21N3/c1-14(2,3)18-11-16-17-13(18)15(4,5)12-9-7-6-8-10-12/h6-11H,1-5H3. The molecule has 0 spiro atoms. The SMILES string of the molecule is CC(C)(c1ccccc1)c1nncn1C(C)(C)C. The average molecular weight is 243 g/mol. The van der Waals surface area contributed by atoms with Crippen LogP contribution in [0.3, 0.4) is 0 Å². The first-order chi connectivity index (χ1) is 8.33. The van der Waals surface area contributed by atoms with Crippen molar-refractivity contribution in [2.24, 2.45) is 0 Å². The average Bonchev–Trinajstić information content (AvgIpc) is 2.79. The highest BCUT2D eigenvalue weighted by atomic mass is 15.3. The van der Waals surface area contributed by atoms with Gasteiger partial charge >= 0.3 is 0 Å². The van der Waals surface area contributed by atoms with Crippen molar-refractivity contribution >= 4 is 0 Å². The molecule has 1 aromatic carbocycles. The lowest BCUT2D eigenvalue weighted by Crippen LogP contribution is -2.31. The molecule has 96 valence electrons. The van der Waals surface area contributed by atoms with Crippen LogP contribution in [-0.2, 0) is 11.0 Å². The van der Waals surface area contributed by atoms with E-state index in [9.17, 15) is 0 Å². The maximum absolute atomic E-state index is 4.34. The Morgan fingerprint density at radius 3 is 2.11 bits per heavy atom. The molecule has 0 aliphatic heterocycles. The molecule has 0 radical (unpaired) electrons. The zero-order chi connectivity index (χ0) is 13.4. The minimum atomic E-state index is -0.148. The van der Waals surface area contributed by atoms with Gasteiger partial charge in [-0.15, -0.1) is 10.2 Å². The van der Waals surface area contributed by atoms with Gasteiger partial charge in [0.15, 0.2) is 0 Å². The highest BCUT2D eigenvalue weighted by Crippen LogP contribution is 2.32. The first-order valence-electron chi connectivity index (χ1n) is 6.30. The summed E-state index contributed by atoms with van der Waals surface area (Å²) in [5.74, 6) is 1.00. The molecule has 2 aromatic rings. The van der Waals surface area contributed by atoms with Crippen molar-refractivity contribution in [2.75, 3.05) is 0 Å². The summed E-state index contributed by atoms with van der Waals surface area (Å²) < 4.78 is 2.15. The summed E-state index contributed by atoms with van der Waals surface area (Å²) in [4.78, 5) is 0. The van der Waals surface area contributed by atoms with Crippen LogP contribution in [0.2, 0.25) is 0 Å². The minimum Gasteiger partial charge on any atom is -0.311 e. The fraction of sp³-hybridized carbons (Fsp3) is 0.467. The lowest BCUT2D eigenvalue weighted by atomic mass is 9.83. The highest BCUT2D eigenvalue weighted by Gasteiger charge is 2.31. The van der Waals surface area contributed by atoms with Gasteiger partial charge in [-0.3, -0.25) is 0 Å². The normalized spacial score (nSPS) is 12.7. The Bertz CT molecular complexity index is 518. The summed E-state index contributed by atoms with van der Waals surface area (Å²) in [6, 6.07) is 10.4. The van der Waals surface area contributed by atoms with Gasteiger partial charge in [0.05, 0.1) is 0 Å². The molecule has 1 aromatic heterocycles. The number of benzene rings is 1. The van der Waals surface area contributed by atoms with Gasteiger partial charge in [0.2, 0.25) is 0 Å². The van der Waals surface area contributed by atoms with Crippen LogP contribution >= 0.6 is 0 Å². The maximum atomic E-state index is 4.34. The Kier molecular flexibility index (Phi) is 3.01. The van der Waals surface area contributed by atoms with Gasteiger partial charge in [-0.1, -0.05) is 30.3 Å². The van der Waals surface area contributed by atoms with Crippen molar-refractivity contribution in [3.63, 3.8) is 0 Å². The molecular weight excluding hydrogens is 222 g/mol. The summed E-state index contributed by atoms with van der Waals surface area (Å²) >= 11 is 0. The molecule has 0 amide bonds. The van der Waals surface area contributed by atoms with Gasteiger partial charge in [0, 0.05) is 11.0 Å². The van der Waals surface area contributed by atoms with Crippen molar-refractivity contribution in [2.45, 2.75) is 45.6 Å². The third-order valence-electron chi connectivity index (χ3n) is 3.32. The summed E-state index contributed by atoms with van der Waals surface area (Å²) in [6.07, 6.45) is 1.82. The molecule has 0 unspecified atom stereocenters. The molecule has 1 heterocycles. The summed E-state index contributed by atoms with van der Waals surface area (Å²) in [5.41, 5.74) is 1.10. The van der Waals surface area contributed by atoms with E-state index in [2.05, 4.69) is 73.6 Å². The molecule has 0 bridgehead atoms. The van der Waals surface area contributed by atoms with Crippen LogP contribution < -0.4 is 0 Å². The van der Waals surface area contributed by atoms with Gasteiger partial charge in [0.25, 0.3) is 0 Å². The molecule has 3 nitrogen and oxygen atoms in total. The largest absolute Gasteiger partial charge is 0.311 e. The summed E-state index contributed by atoms with van der Waals surface area (Å²) in [7, 11) is 0. The van der Waals surface area contributed by atoms with E-state index in [1.165, 1.54) is 5.56 Å². The van der Waals surface area contributed by atoms with Crippen molar-refractivity contribution in [3.05, 3.63) is 48.0 Å². The van der Waals surface area contributed by atoms with Crippen LogP contribution in [0.4, 0.5) is 0 Å². The molecule has 0 aliphatic rings. The Morgan fingerprint density at radius 2 is 1.56 bits per heavy atom. The minimum absolute atomic E-state index is 0.00904. The fourth-order valence-electron chi connectivity index (χ4n) is 2.14. The van der Waals surface area contributed by atoms with E-state index in [1.807, 2.05) is 12.4 Å². The lowest BCUT2D eigenvalue weighted by molar-refractivity contribution is 0.360. The predicted octanol–water partition coefficient (Wildman–Crippen LogP) is 3.36. The van der Waals surface area contributed by atoms with Gasteiger partial charge < -0.3 is 4.57 Å². The number of aromatic nitrogens is 3. The van der Waals surface area contributed by atoms with Crippen molar-refractivity contribution in [1.29, 1.82) is 0 Å². The molecule has 0 saturated heterocycles. The van der Waals surface area contributed by atoms with E-state index in [-0.39, 0.29) is 11.0 Å². The molecule has 0 atom stereocenters. The molecule has 2 rings (SSSR count). The van der Waals surface area contributed by atoms with Crippen molar-refractivity contribution in [1.82, 2.24) is 14.8 Å². The number of hydrogen-bond donors (Lipinski definition) is 0. The Hall–Kier alpha value is -1.64. The topological polar surface area (TPSA) is 30.7 Å². The highest BCUT2D eigenvalue weighted by molar-refractivity contribution is 5.30. The second-order valence-corrected chi connectivity index (χ2v) is 6.19. The van der Waals surface area contributed by atoms with Crippen molar-refractivity contribution in [3.8, 4) is 0 Å². The third-order valence-corrected chi connectivity index (χ3v) is 3.32. The quantitative estimate of drug-likeness (QED) is 0.809. The smallest absolute Gasteiger partial charge is 0.143 e. The number of nitrogens with zero attached hydrogens (tertiary/aromatic N) is 3. The second-order valence-electron chi connectivity index (χ2n) is 6.19. The maximum Gasteiger partial charge on any atom is 0.143 e. The van der Waals surface area contributed by atoms with Gasteiger partial charge in [0.1, 0.15) is 12.2 Å². The summed E-state index contributed by atoms with van der Waals surface area (Å²) in [6.45, 7) is 10.9. The number of rotatable bonds is 2. The van der Waals surface area contributed by atoms with Crippen molar-refractivity contribution < 1.29 is 0 Å². The van der Waals surface area contributed by atoms with E-state index < -0.39 is 0 Å². The van der Waals surface area contributed by atoms with Gasteiger partial charge in [-0.05, 0) is 40.2 Å². The van der Waals surface area contributed by atoms with Crippen LogP contribution in [-0.4, -0.2) is 14.8 Å². The van der Waals surface area contributed by atoms with E-state index in [0.29, 0.717) is 0 Å². The molecule has 0 aliphatic carbocycles. The second kappa shape index (κ2) is 4.23. The van der Waals surface area contributed by atoms with Crippen LogP contribution in [0.1, 0.15) is 46.0 Å². The molecule has 0 fully saturated rings. The third kappa shape index (κ3) is 2.17. The lowest BCUT2D eigenvalue weighted by Gasteiger charge is -2.30. The molecule has 0 N–H and O–H groups in total. The predicted molar refractivity (Wildman–Crippen MR) is 73.6 cm³/mol. The number of hydrogen-bond acceptors (Lipinski definition) is 2.